The van der Waals surface area contributed by atoms with E-state index < -0.39 is 5.54 Å². The van der Waals surface area contributed by atoms with E-state index in [-0.39, 0.29) is 11.3 Å². The third-order valence-electron chi connectivity index (χ3n) is 2.80. The monoisotopic (exact) mass is 210 g/mol. The van der Waals surface area contributed by atoms with E-state index >= 15 is 0 Å². The van der Waals surface area contributed by atoms with Gasteiger partial charge in [0.1, 0.15) is 0 Å². The molecule has 1 amide bonds. The second-order valence-electron chi connectivity index (χ2n) is 5.62. The smallest absolute Gasteiger partial charge is 0.242 e. The zero-order valence-electron chi connectivity index (χ0n) is 10.3. The SMILES string of the molecule is C=CCN1CC(C)(C)CNC(C)(C)C1=O. The molecule has 1 rings (SSSR count). The van der Waals surface area contributed by atoms with Gasteiger partial charge in [-0.2, -0.15) is 0 Å². The van der Waals surface area contributed by atoms with Crippen LogP contribution >= 0.6 is 0 Å². The van der Waals surface area contributed by atoms with Gasteiger partial charge in [-0.05, 0) is 19.3 Å². The molecule has 0 spiro atoms. The molecule has 0 bridgehead atoms. The molecule has 0 unspecified atom stereocenters. The largest absolute Gasteiger partial charge is 0.337 e. The van der Waals surface area contributed by atoms with E-state index in [1.807, 2.05) is 18.7 Å². The molecule has 0 radical (unpaired) electrons. The van der Waals surface area contributed by atoms with Crippen molar-refractivity contribution in [2.45, 2.75) is 33.2 Å². The highest BCUT2D eigenvalue weighted by molar-refractivity contribution is 5.86. The molecular weight excluding hydrogens is 188 g/mol. The molecule has 1 N–H and O–H groups in total. The molecule has 0 atom stereocenters. The molecule has 1 aliphatic rings. The Labute approximate surface area is 92.5 Å². The van der Waals surface area contributed by atoms with Gasteiger partial charge in [-0.15, -0.1) is 6.58 Å². The fourth-order valence-electron chi connectivity index (χ4n) is 1.88. The summed E-state index contributed by atoms with van der Waals surface area (Å²) in [5.74, 6) is 0.160. The molecule has 1 fully saturated rings. The third-order valence-corrected chi connectivity index (χ3v) is 2.80. The van der Waals surface area contributed by atoms with Crippen molar-refractivity contribution < 1.29 is 4.79 Å². The van der Waals surface area contributed by atoms with Crippen LogP contribution in [0, 0.1) is 5.41 Å². The Bertz CT molecular complexity index is 269. The van der Waals surface area contributed by atoms with Gasteiger partial charge in [-0.1, -0.05) is 19.9 Å². The maximum absolute atomic E-state index is 12.2. The van der Waals surface area contributed by atoms with Gasteiger partial charge in [0.05, 0.1) is 5.54 Å². The lowest BCUT2D eigenvalue weighted by Gasteiger charge is -2.29. The van der Waals surface area contributed by atoms with Crippen molar-refractivity contribution in [3.63, 3.8) is 0 Å². The third kappa shape index (κ3) is 2.81. The molecule has 1 aliphatic heterocycles. The summed E-state index contributed by atoms with van der Waals surface area (Å²) < 4.78 is 0. The Morgan fingerprint density at radius 2 is 2.07 bits per heavy atom. The number of rotatable bonds is 2. The van der Waals surface area contributed by atoms with Crippen molar-refractivity contribution in [3.8, 4) is 0 Å². The Hall–Kier alpha value is -0.830. The zero-order valence-corrected chi connectivity index (χ0v) is 10.3. The summed E-state index contributed by atoms with van der Waals surface area (Å²) in [4.78, 5) is 14.0. The van der Waals surface area contributed by atoms with Crippen LogP contribution in [0.1, 0.15) is 27.7 Å². The molecular formula is C12H22N2O. The van der Waals surface area contributed by atoms with Crippen molar-refractivity contribution in [2.75, 3.05) is 19.6 Å². The van der Waals surface area contributed by atoms with E-state index in [9.17, 15) is 4.79 Å². The van der Waals surface area contributed by atoms with E-state index in [2.05, 4.69) is 25.7 Å². The molecule has 0 aromatic carbocycles. The van der Waals surface area contributed by atoms with Crippen molar-refractivity contribution >= 4 is 5.91 Å². The number of carbonyl (C=O) groups is 1. The molecule has 0 saturated carbocycles. The summed E-state index contributed by atoms with van der Waals surface area (Å²) in [5.41, 5.74) is -0.344. The summed E-state index contributed by atoms with van der Waals surface area (Å²) in [6.07, 6.45) is 1.79. The van der Waals surface area contributed by atoms with Gasteiger partial charge in [-0.3, -0.25) is 4.79 Å². The highest BCUT2D eigenvalue weighted by Gasteiger charge is 2.38. The van der Waals surface area contributed by atoms with E-state index in [0.717, 1.165) is 13.1 Å². The number of hydrogen-bond donors (Lipinski definition) is 1. The van der Waals surface area contributed by atoms with Gasteiger partial charge in [-0.25, -0.2) is 0 Å². The van der Waals surface area contributed by atoms with Crippen LogP contribution in [0.15, 0.2) is 12.7 Å². The summed E-state index contributed by atoms with van der Waals surface area (Å²) >= 11 is 0. The Morgan fingerprint density at radius 3 is 2.60 bits per heavy atom. The number of hydrogen-bond acceptors (Lipinski definition) is 2. The van der Waals surface area contributed by atoms with Crippen LogP contribution in [0.3, 0.4) is 0 Å². The van der Waals surface area contributed by atoms with Gasteiger partial charge in [0.25, 0.3) is 0 Å². The predicted molar refractivity (Wildman–Crippen MR) is 62.6 cm³/mol. The Morgan fingerprint density at radius 1 is 1.47 bits per heavy atom. The standard InChI is InChI=1S/C12H22N2O/c1-6-7-14-9-11(2,3)8-13-12(4,5)10(14)15/h6,13H,1,7-9H2,2-5H3. The summed E-state index contributed by atoms with van der Waals surface area (Å²) in [5, 5.41) is 3.32. The molecule has 1 heterocycles. The minimum atomic E-state index is -0.462. The van der Waals surface area contributed by atoms with E-state index in [1.165, 1.54) is 0 Å². The normalized spacial score (nSPS) is 24.8. The molecule has 3 nitrogen and oxygen atoms in total. The number of amides is 1. The lowest BCUT2D eigenvalue weighted by atomic mass is 9.93. The Kier molecular flexibility index (Phi) is 3.24. The first kappa shape index (κ1) is 12.2. The van der Waals surface area contributed by atoms with E-state index in [1.54, 1.807) is 6.08 Å². The molecule has 0 aromatic heterocycles. The molecule has 1 saturated heterocycles. The van der Waals surface area contributed by atoms with Crippen LogP contribution in [-0.4, -0.2) is 36.0 Å². The zero-order chi connectivity index (χ0) is 11.7. The minimum Gasteiger partial charge on any atom is -0.337 e. The summed E-state index contributed by atoms with van der Waals surface area (Å²) in [6.45, 7) is 14.2. The molecule has 3 heteroatoms. The second-order valence-corrected chi connectivity index (χ2v) is 5.62. The van der Waals surface area contributed by atoms with Crippen molar-refractivity contribution in [2.24, 2.45) is 5.41 Å². The first-order valence-electron chi connectivity index (χ1n) is 5.44. The molecule has 15 heavy (non-hydrogen) atoms. The summed E-state index contributed by atoms with van der Waals surface area (Å²) in [7, 11) is 0. The first-order valence-corrected chi connectivity index (χ1v) is 5.44. The number of nitrogens with zero attached hydrogens (tertiary/aromatic N) is 1. The first-order chi connectivity index (χ1) is 6.78. The fraction of sp³-hybridized carbons (Fsp3) is 0.750. The Balaban J connectivity index is 2.92. The maximum atomic E-state index is 12.2. The van der Waals surface area contributed by atoms with Crippen molar-refractivity contribution in [3.05, 3.63) is 12.7 Å². The average molecular weight is 210 g/mol. The topological polar surface area (TPSA) is 32.3 Å². The molecule has 0 aromatic rings. The minimum absolute atomic E-state index is 0.117. The van der Waals surface area contributed by atoms with Crippen LogP contribution < -0.4 is 5.32 Å². The van der Waals surface area contributed by atoms with Crippen molar-refractivity contribution in [1.82, 2.24) is 10.2 Å². The van der Waals surface area contributed by atoms with Gasteiger partial charge in [0, 0.05) is 19.6 Å². The molecule has 0 aliphatic carbocycles. The lowest BCUT2D eigenvalue weighted by molar-refractivity contribution is -0.136. The maximum Gasteiger partial charge on any atom is 0.242 e. The number of nitrogens with one attached hydrogen (secondary N) is 1. The average Bonchev–Trinajstić information content (AvgIpc) is 2.19. The molecule has 86 valence electrons. The quantitative estimate of drug-likeness (QED) is 0.699. The lowest BCUT2D eigenvalue weighted by Crippen LogP contribution is -2.51. The van der Waals surface area contributed by atoms with Gasteiger partial charge >= 0.3 is 0 Å². The summed E-state index contributed by atoms with van der Waals surface area (Å²) in [6, 6.07) is 0. The van der Waals surface area contributed by atoms with E-state index in [0.29, 0.717) is 6.54 Å². The van der Waals surface area contributed by atoms with Crippen LogP contribution in [0.5, 0.6) is 0 Å². The number of carbonyl (C=O) groups excluding carboxylic acids is 1. The van der Waals surface area contributed by atoms with Crippen LogP contribution in [0.25, 0.3) is 0 Å². The predicted octanol–water partition coefficient (Wildman–Crippen LogP) is 1.41. The van der Waals surface area contributed by atoms with Crippen LogP contribution in [0.2, 0.25) is 0 Å². The highest BCUT2D eigenvalue weighted by atomic mass is 16.2. The van der Waals surface area contributed by atoms with Crippen LogP contribution in [-0.2, 0) is 4.79 Å². The second kappa shape index (κ2) is 3.97. The van der Waals surface area contributed by atoms with Gasteiger partial charge < -0.3 is 10.2 Å². The highest BCUT2D eigenvalue weighted by Crippen LogP contribution is 2.23. The van der Waals surface area contributed by atoms with E-state index in [4.69, 9.17) is 0 Å². The van der Waals surface area contributed by atoms with Gasteiger partial charge in [0.2, 0.25) is 5.91 Å². The van der Waals surface area contributed by atoms with Gasteiger partial charge in [0.15, 0.2) is 0 Å². The van der Waals surface area contributed by atoms with Crippen molar-refractivity contribution in [1.29, 1.82) is 0 Å². The van der Waals surface area contributed by atoms with Crippen LogP contribution in [0.4, 0.5) is 0 Å². The fourth-order valence-corrected chi connectivity index (χ4v) is 1.88.